The molecule has 0 spiro atoms. The number of aromatic nitrogens is 1. The van der Waals surface area contributed by atoms with E-state index in [2.05, 4.69) is 15.6 Å². The zero-order valence-electron chi connectivity index (χ0n) is 13.8. The molecule has 0 bridgehead atoms. The van der Waals surface area contributed by atoms with E-state index in [4.69, 9.17) is 5.41 Å². The lowest BCUT2D eigenvalue weighted by Gasteiger charge is -2.17. The highest BCUT2D eigenvalue weighted by Gasteiger charge is 2.22. The number of aromatic amines is 1. The quantitative estimate of drug-likeness (QED) is 0.646. The van der Waals surface area contributed by atoms with Crippen molar-refractivity contribution in [3.05, 3.63) is 57.5 Å². The van der Waals surface area contributed by atoms with Gasteiger partial charge in [0.05, 0.1) is 23.4 Å². The maximum absolute atomic E-state index is 12.4. The highest BCUT2D eigenvalue weighted by molar-refractivity contribution is 6.14. The van der Waals surface area contributed by atoms with E-state index in [9.17, 15) is 9.59 Å². The van der Waals surface area contributed by atoms with Crippen molar-refractivity contribution >= 4 is 23.0 Å². The Hall–Kier alpha value is -2.89. The van der Waals surface area contributed by atoms with E-state index in [1.807, 2.05) is 12.1 Å². The number of pyridine rings is 1. The zero-order chi connectivity index (χ0) is 17.4. The van der Waals surface area contributed by atoms with E-state index in [0.29, 0.717) is 29.3 Å². The van der Waals surface area contributed by atoms with Crippen LogP contribution < -0.4 is 16.2 Å². The van der Waals surface area contributed by atoms with Crippen molar-refractivity contribution in [3.8, 4) is 0 Å². The number of fused-ring (bicyclic) bond motifs is 1. The summed E-state index contributed by atoms with van der Waals surface area (Å²) in [5, 5.41) is 14.8. The molecule has 4 N–H and O–H groups in total. The fourth-order valence-electron chi connectivity index (χ4n) is 3.67. The molecule has 6 heteroatoms. The molecule has 25 heavy (non-hydrogen) atoms. The molecule has 0 atom stereocenters. The van der Waals surface area contributed by atoms with Crippen molar-refractivity contribution < 1.29 is 4.79 Å². The summed E-state index contributed by atoms with van der Waals surface area (Å²) in [5.41, 5.74) is 3.24. The highest BCUT2D eigenvalue weighted by atomic mass is 16.1. The van der Waals surface area contributed by atoms with Gasteiger partial charge in [0.2, 0.25) is 5.91 Å². The number of benzene rings is 1. The molecule has 4 rings (SSSR count). The van der Waals surface area contributed by atoms with Crippen LogP contribution in [0, 0.1) is 5.41 Å². The third-order valence-electron chi connectivity index (χ3n) is 4.94. The monoisotopic (exact) mass is 336 g/mol. The Morgan fingerprint density at radius 1 is 1.16 bits per heavy atom. The van der Waals surface area contributed by atoms with Gasteiger partial charge in [-0.3, -0.25) is 15.0 Å². The second kappa shape index (κ2) is 6.20. The van der Waals surface area contributed by atoms with E-state index in [0.717, 1.165) is 24.1 Å². The molecule has 2 aliphatic rings. The predicted octanol–water partition coefficient (Wildman–Crippen LogP) is 2.64. The normalized spacial score (nSPS) is 16.6. The van der Waals surface area contributed by atoms with Crippen LogP contribution in [0.1, 0.15) is 42.4 Å². The number of nitrogens with one attached hydrogen (secondary N) is 4. The van der Waals surface area contributed by atoms with Gasteiger partial charge in [-0.2, -0.15) is 0 Å². The molecule has 2 aromatic rings. The fourth-order valence-corrected chi connectivity index (χ4v) is 3.67. The molecule has 1 saturated carbocycles. The van der Waals surface area contributed by atoms with E-state index in [1.165, 1.54) is 12.8 Å². The van der Waals surface area contributed by atoms with E-state index < -0.39 is 0 Å². The lowest BCUT2D eigenvalue weighted by Crippen LogP contribution is -2.24. The van der Waals surface area contributed by atoms with Gasteiger partial charge >= 0.3 is 0 Å². The molecule has 0 saturated heterocycles. The lowest BCUT2D eigenvalue weighted by molar-refractivity contribution is -0.115. The van der Waals surface area contributed by atoms with Crippen LogP contribution >= 0.6 is 0 Å². The van der Waals surface area contributed by atoms with Crippen molar-refractivity contribution in [2.45, 2.75) is 38.1 Å². The minimum atomic E-state index is -0.275. The molecule has 0 radical (unpaired) electrons. The summed E-state index contributed by atoms with van der Waals surface area (Å²) in [7, 11) is 0. The summed E-state index contributed by atoms with van der Waals surface area (Å²) in [6.45, 7) is 0. The maximum atomic E-state index is 12.4. The summed E-state index contributed by atoms with van der Waals surface area (Å²) < 4.78 is 0. The number of rotatable bonds is 4. The van der Waals surface area contributed by atoms with Crippen LogP contribution in [0.2, 0.25) is 0 Å². The number of amides is 1. The van der Waals surface area contributed by atoms with Gasteiger partial charge in [-0.15, -0.1) is 0 Å². The van der Waals surface area contributed by atoms with E-state index in [1.54, 1.807) is 18.3 Å². The van der Waals surface area contributed by atoms with E-state index >= 15 is 0 Å². The Morgan fingerprint density at radius 2 is 1.96 bits per heavy atom. The van der Waals surface area contributed by atoms with Crippen molar-refractivity contribution in [1.29, 1.82) is 5.41 Å². The number of carbonyl (C=O) groups is 1. The molecule has 1 aromatic carbocycles. The third-order valence-corrected chi connectivity index (χ3v) is 4.94. The van der Waals surface area contributed by atoms with E-state index in [-0.39, 0.29) is 17.2 Å². The number of hydrogen-bond donors (Lipinski definition) is 4. The van der Waals surface area contributed by atoms with Gasteiger partial charge in [-0.25, -0.2) is 0 Å². The maximum Gasteiger partial charge on any atom is 0.259 e. The molecule has 1 aromatic heterocycles. The Balaban J connectivity index is 1.69. The molecule has 128 valence electrons. The first-order valence-electron chi connectivity index (χ1n) is 8.62. The van der Waals surface area contributed by atoms with Gasteiger partial charge < -0.3 is 15.6 Å². The third kappa shape index (κ3) is 2.95. The minimum absolute atomic E-state index is 0.0418. The minimum Gasteiger partial charge on any atom is -0.382 e. The summed E-state index contributed by atoms with van der Waals surface area (Å²) in [6.07, 6.45) is 6.49. The van der Waals surface area contributed by atoms with Crippen molar-refractivity contribution in [2.75, 3.05) is 10.6 Å². The molecule has 0 unspecified atom stereocenters. The SMILES string of the molecule is N=C(c1ccc2c(c1)CC(=O)N2)c1c(NC2CCCC2)cc[nH]c1=O. The average molecular weight is 336 g/mol. The lowest BCUT2D eigenvalue weighted by atomic mass is 9.99. The second-order valence-corrected chi connectivity index (χ2v) is 6.69. The van der Waals surface area contributed by atoms with Crippen LogP contribution in [-0.2, 0) is 11.2 Å². The highest BCUT2D eigenvalue weighted by Crippen LogP contribution is 2.27. The van der Waals surface area contributed by atoms with Crippen LogP contribution in [0.5, 0.6) is 0 Å². The first-order chi connectivity index (χ1) is 12.1. The molecule has 1 aliphatic carbocycles. The Kier molecular flexibility index (Phi) is 3.87. The van der Waals surface area contributed by atoms with Gasteiger partial charge in [-0.05, 0) is 36.6 Å². The summed E-state index contributed by atoms with van der Waals surface area (Å²) in [4.78, 5) is 26.6. The Bertz CT molecular complexity index is 910. The predicted molar refractivity (Wildman–Crippen MR) is 97.6 cm³/mol. The fraction of sp³-hybridized carbons (Fsp3) is 0.316. The smallest absolute Gasteiger partial charge is 0.259 e. The van der Waals surface area contributed by atoms with Gasteiger partial charge in [0.15, 0.2) is 0 Å². The van der Waals surface area contributed by atoms with Gasteiger partial charge in [0.25, 0.3) is 5.56 Å². The number of carbonyl (C=O) groups excluding carboxylic acids is 1. The molecule has 1 amide bonds. The number of anilines is 2. The summed E-state index contributed by atoms with van der Waals surface area (Å²) in [6, 6.07) is 7.57. The molecule has 2 heterocycles. The van der Waals surface area contributed by atoms with Crippen LogP contribution in [0.25, 0.3) is 0 Å². The van der Waals surface area contributed by atoms with Crippen molar-refractivity contribution in [3.63, 3.8) is 0 Å². The topological polar surface area (TPSA) is 97.8 Å². The van der Waals surface area contributed by atoms with Gasteiger partial charge in [-0.1, -0.05) is 18.9 Å². The molecule has 1 fully saturated rings. The Labute approximate surface area is 145 Å². The van der Waals surface area contributed by atoms with Crippen LogP contribution in [0.3, 0.4) is 0 Å². The second-order valence-electron chi connectivity index (χ2n) is 6.69. The largest absolute Gasteiger partial charge is 0.382 e. The molecule has 6 nitrogen and oxygen atoms in total. The van der Waals surface area contributed by atoms with Crippen molar-refractivity contribution in [2.24, 2.45) is 0 Å². The average Bonchev–Trinajstić information content (AvgIpc) is 3.22. The van der Waals surface area contributed by atoms with Crippen molar-refractivity contribution in [1.82, 2.24) is 4.98 Å². The standard InChI is InChI=1S/C19H20N4O2/c20-18(11-5-6-14-12(9-11)10-16(24)23-14)17-15(7-8-21-19(17)25)22-13-3-1-2-4-13/h5-9,13,20H,1-4,10H2,(H,23,24)(H2,21,22,25). The number of hydrogen-bond acceptors (Lipinski definition) is 4. The zero-order valence-corrected chi connectivity index (χ0v) is 13.8. The summed E-state index contributed by atoms with van der Waals surface area (Å²) in [5.74, 6) is -0.0418. The summed E-state index contributed by atoms with van der Waals surface area (Å²) >= 11 is 0. The van der Waals surface area contributed by atoms with Crippen LogP contribution in [0.4, 0.5) is 11.4 Å². The Morgan fingerprint density at radius 3 is 2.76 bits per heavy atom. The first kappa shape index (κ1) is 15.6. The van der Waals surface area contributed by atoms with Crippen LogP contribution in [-0.4, -0.2) is 22.6 Å². The molecular formula is C19H20N4O2. The number of H-pyrrole nitrogens is 1. The first-order valence-corrected chi connectivity index (χ1v) is 8.62. The van der Waals surface area contributed by atoms with Gasteiger partial charge in [0, 0.05) is 23.5 Å². The van der Waals surface area contributed by atoms with Gasteiger partial charge in [0.1, 0.15) is 0 Å². The molecule has 1 aliphatic heterocycles. The van der Waals surface area contributed by atoms with Crippen LogP contribution in [0.15, 0.2) is 35.3 Å². The molecular weight excluding hydrogens is 316 g/mol.